The molecule has 0 aliphatic carbocycles. The molecule has 0 spiro atoms. The summed E-state index contributed by atoms with van der Waals surface area (Å²) in [5.74, 6) is 0. The molecule has 5 heteroatoms. The molecule has 1 aromatic carbocycles. The van der Waals surface area contributed by atoms with Crippen molar-refractivity contribution in [2.45, 2.75) is 20.8 Å². The van der Waals surface area contributed by atoms with E-state index in [1.807, 2.05) is 36.7 Å². The van der Waals surface area contributed by atoms with Gasteiger partial charge in [0.05, 0.1) is 11.4 Å². The van der Waals surface area contributed by atoms with E-state index >= 15 is 0 Å². The van der Waals surface area contributed by atoms with E-state index in [2.05, 4.69) is 28.0 Å². The average molecular weight is 324 g/mol. The predicted octanol–water partition coefficient (Wildman–Crippen LogP) is 3.19. The molecule has 0 atom stereocenters. The summed E-state index contributed by atoms with van der Waals surface area (Å²) in [5.41, 5.74) is 10.8. The molecule has 0 amide bonds. The molecule has 2 rings (SSSR count). The van der Waals surface area contributed by atoms with Crippen molar-refractivity contribution in [3.8, 4) is 5.69 Å². The van der Waals surface area contributed by atoms with Gasteiger partial charge in [-0.2, -0.15) is 5.10 Å². The Labute approximate surface area is 120 Å². The fourth-order valence-corrected chi connectivity index (χ4v) is 2.37. The Morgan fingerprint density at radius 3 is 2.50 bits per heavy atom. The zero-order chi connectivity index (χ0) is 13.4. The number of hydrogen-bond donors (Lipinski definition) is 1. The minimum atomic E-state index is 0.378. The van der Waals surface area contributed by atoms with Crippen LogP contribution in [0, 0.1) is 20.8 Å². The summed E-state index contributed by atoms with van der Waals surface area (Å²) in [6, 6.07) is 5.82. The van der Waals surface area contributed by atoms with E-state index in [9.17, 15) is 0 Å². The number of aromatic nitrogens is 2. The van der Waals surface area contributed by atoms with E-state index in [4.69, 9.17) is 18.0 Å². The van der Waals surface area contributed by atoms with Crippen molar-refractivity contribution in [3.05, 3.63) is 45.2 Å². The number of aryl methyl sites for hydroxylation is 1. The summed E-state index contributed by atoms with van der Waals surface area (Å²) >= 11 is 8.56. The molecule has 0 aliphatic rings. The summed E-state index contributed by atoms with van der Waals surface area (Å²) in [7, 11) is 0. The normalized spacial score (nSPS) is 10.7. The van der Waals surface area contributed by atoms with Crippen LogP contribution in [-0.4, -0.2) is 14.8 Å². The largest absolute Gasteiger partial charge is 0.389 e. The third-order valence-corrected chi connectivity index (χ3v) is 3.82. The summed E-state index contributed by atoms with van der Waals surface area (Å²) in [4.78, 5) is 0.378. The Morgan fingerprint density at radius 2 is 2.00 bits per heavy atom. The van der Waals surface area contributed by atoms with E-state index in [1.54, 1.807) is 0 Å². The van der Waals surface area contributed by atoms with Gasteiger partial charge in [-0.15, -0.1) is 0 Å². The standard InChI is InChI=1S/C13H14BrN3S/c1-7-8(2)16-17(9(7)3)12-6-10(14)4-5-11(12)13(15)18/h4-6H,1-3H3,(H2,15,18). The molecule has 1 aromatic heterocycles. The number of halogens is 1. The van der Waals surface area contributed by atoms with Crippen LogP contribution in [0.4, 0.5) is 0 Å². The smallest absolute Gasteiger partial charge is 0.106 e. The number of rotatable bonds is 2. The zero-order valence-electron chi connectivity index (χ0n) is 10.5. The highest BCUT2D eigenvalue weighted by Crippen LogP contribution is 2.23. The van der Waals surface area contributed by atoms with Crippen molar-refractivity contribution in [2.24, 2.45) is 5.73 Å². The molecule has 18 heavy (non-hydrogen) atoms. The maximum atomic E-state index is 5.77. The minimum absolute atomic E-state index is 0.378. The monoisotopic (exact) mass is 323 g/mol. The van der Waals surface area contributed by atoms with Crippen molar-refractivity contribution in [1.82, 2.24) is 9.78 Å². The van der Waals surface area contributed by atoms with Gasteiger partial charge in [0.1, 0.15) is 4.99 Å². The molecule has 0 bridgehead atoms. The summed E-state index contributed by atoms with van der Waals surface area (Å²) in [5, 5.41) is 4.54. The predicted molar refractivity (Wildman–Crippen MR) is 81.4 cm³/mol. The van der Waals surface area contributed by atoms with Crippen LogP contribution >= 0.6 is 28.1 Å². The summed E-state index contributed by atoms with van der Waals surface area (Å²) < 4.78 is 2.87. The van der Waals surface area contributed by atoms with E-state index < -0.39 is 0 Å². The lowest BCUT2D eigenvalue weighted by molar-refractivity contribution is 0.831. The van der Waals surface area contributed by atoms with Crippen molar-refractivity contribution in [3.63, 3.8) is 0 Å². The molecule has 0 saturated carbocycles. The lowest BCUT2D eigenvalue weighted by Gasteiger charge is -2.11. The third-order valence-electron chi connectivity index (χ3n) is 3.11. The quantitative estimate of drug-likeness (QED) is 0.863. The first kappa shape index (κ1) is 13.2. The minimum Gasteiger partial charge on any atom is -0.389 e. The van der Waals surface area contributed by atoms with Crippen molar-refractivity contribution in [2.75, 3.05) is 0 Å². The van der Waals surface area contributed by atoms with Crippen LogP contribution in [0.3, 0.4) is 0 Å². The molecule has 2 aromatic rings. The summed E-state index contributed by atoms with van der Waals surface area (Å²) in [6.45, 7) is 6.10. The van der Waals surface area contributed by atoms with Gasteiger partial charge in [-0.3, -0.25) is 0 Å². The lowest BCUT2D eigenvalue weighted by Crippen LogP contribution is -2.14. The van der Waals surface area contributed by atoms with Gasteiger partial charge >= 0.3 is 0 Å². The van der Waals surface area contributed by atoms with Crippen molar-refractivity contribution in [1.29, 1.82) is 0 Å². The van der Waals surface area contributed by atoms with Gasteiger partial charge in [0.2, 0.25) is 0 Å². The van der Waals surface area contributed by atoms with E-state index in [1.165, 1.54) is 5.56 Å². The molecule has 94 valence electrons. The van der Waals surface area contributed by atoms with Crippen LogP contribution in [0.25, 0.3) is 5.69 Å². The Hall–Kier alpha value is -1.20. The summed E-state index contributed by atoms with van der Waals surface area (Å²) in [6.07, 6.45) is 0. The van der Waals surface area contributed by atoms with Crippen molar-refractivity contribution >= 4 is 33.1 Å². The van der Waals surface area contributed by atoms with Crippen LogP contribution in [0.1, 0.15) is 22.5 Å². The van der Waals surface area contributed by atoms with Crippen LogP contribution in [-0.2, 0) is 0 Å². The zero-order valence-corrected chi connectivity index (χ0v) is 12.9. The Bertz CT molecular complexity index is 631. The Kier molecular flexibility index (Phi) is 3.54. The van der Waals surface area contributed by atoms with Gasteiger partial charge in [-0.1, -0.05) is 28.1 Å². The topological polar surface area (TPSA) is 43.8 Å². The number of nitrogens with zero attached hydrogens (tertiary/aromatic N) is 2. The second-order valence-electron chi connectivity index (χ2n) is 4.23. The number of nitrogens with two attached hydrogens (primary N) is 1. The molecule has 0 radical (unpaired) electrons. The van der Waals surface area contributed by atoms with Crippen LogP contribution in [0.5, 0.6) is 0 Å². The Morgan fingerprint density at radius 1 is 1.33 bits per heavy atom. The fraction of sp³-hybridized carbons (Fsp3) is 0.231. The molecular formula is C13H14BrN3S. The van der Waals surface area contributed by atoms with E-state index in [0.717, 1.165) is 27.1 Å². The van der Waals surface area contributed by atoms with Crippen molar-refractivity contribution < 1.29 is 0 Å². The van der Waals surface area contributed by atoms with Gasteiger partial charge in [0, 0.05) is 15.7 Å². The van der Waals surface area contributed by atoms with Crippen LogP contribution in [0.2, 0.25) is 0 Å². The number of thiocarbonyl (C=S) groups is 1. The maximum absolute atomic E-state index is 5.77. The van der Waals surface area contributed by atoms with Gasteiger partial charge in [-0.25, -0.2) is 4.68 Å². The molecule has 0 saturated heterocycles. The molecule has 0 fully saturated rings. The molecular weight excluding hydrogens is 310 g/mol. The molecule has 3 nitrogen and oxygen atoms in total. The first-order chi connectivity index (χ1) is 8.41. The number of benzene rings is 1. The number of hydrogen-bond acceptors (Lipinski definition) is 2. The van der Waals surface area contributed by atoms with Gasteiger partial charge < -0.3 is 5.73 Å². The second kappa shape index (κ2) is 4.82. The van der Waals surface area contributed by atoms with E-state index in [0.29, 0.717) is 4.99 Å². The SMILES string of the molecule is Cc1nn(-c2cc(Br)ccc2C(N)=S)c(C)c1C. The van der Waals surface area contributed by atoms with Crippen LogP contribution in [0.15, 0.2) is 22.7 Å². The molecule has 0 aliphatic heterocycles. The maximum Gasteiger partial charge on any atom is 0.106 e. The third kappa shape index (κ3) is 2.20. The molecule has 1 heterocycles. The van der Waals surface area contributed by atoms with Gasteiger partial charge in [-0.05, 0) is 44.5 Å². The van der Waals surface area contributed by atoms with Gasteiger partial charge in [0.15, 0.2) is 0 Å². The van der Waals surface area contributed by atoms with Crippen LogP contribution < -0.4 is 5.73 Å². The lowest BCUT2D eigenvalue weighted by atomic mass is 10.1. The first-order valence-electron chi connectivity index (χ1n) is 5.54. The average Bonchev–Trinajstić information content (AvgIpc) is 2.56. The molecule has 2 N–H and O–H groups in total. The molecule has 0 unspecified atom stereocenters. The van der Waals surface area contributed by atoms with Gasteiger partial charge in [0.25, 0.3) is 0 Å². The van der Waals surface area contributed by atoms with E-state index in [-0.39, 0.29) is 0 Å². The second-order valence-corrected chi connectivity index (χ2v) is 5.59. The fourth-order valence-electron chi connectivity index (χ4n) is 1.84. The highest BCUT2D eigenvalue weighted by atomic mass is 79.9. The highest BCUT2D eigenvalue weighted by molar-refractivity contribution is 9.10. The first-order valence-corrected chi connectivity index (χ1v) is 6.74. The highest BCUT2D eigenvalue weighted by Gasteiger charge is 2.14. The Balaban J connectivity index is 2.73.